The average Bonchev–Trinajstić information content (AvgIpc) is 2.84. The first-order valence-corrected chi connectivity index (χ1v) is 10.6. The number of benzene rings is 2. The molecule has 25 heavy (non-hydrogen) atoms. The second-order valence-corrected chi connectivity index (χ2v) is 8.93. The van der Waals surface area contributed by atoms with Crippen molar-refractivity contribution in [2.45, 2.75) is 19.2 Å². The number of nitrogens with one attached hydrogen (secondary N) is 1. The number of hydrogen-bond acceptors (Lipinski definition) is 4. The van der Waals surface area contributed by atoms with Gasteiger partial charge in [-0.2, -0.15) is 0 Å². The van der Waals surface area contributed by atoms with Crippen molar-refractivity contribution in [2.24, 2.45) is 0 Å². The van der Waals surface area contributed by atoms with Crippen molar-refractivity contribution in [1.82, 2.24) is 4.57 Å². The number of aryl methyl sites for hydroxylation is 1. The molecule has 0 unspecified atom stereocenters. The van der Waals surface area contributed by atoms with Crippen LogP contribution < -0.4 is 9.60 Å². The molecule has 0 aliphatic heterocycles. The van der Waals surface area contributed by atoms with Gasteiger partial charge in [0.15, 0.2) is 0 Å². The van der Waals surface area contributed by atoms with Crippen LogP contribution in [0.4, 0.5) is 5.69 Å². The highest BCUT2D eigenvalue weighted by Crippen LogP contribution is 2.25. The van der Waals surface area contributed by atoms with Gasteiger partial charge in [0.1, 0.15) is 0 Å². The van der Waals surface area contributed by atoms with Crippen LogP contribution in [0.25, 0.3) is 10.2 Å². The van der Waals surface area contributed by atoms with Crippen molar-refractivity contribution < 1.29 is 8.42 Å². The number of sulfonamides is 1. The van der Waals surface area contributed by atoms with Gasteiger partial charge in [-0.3, -0.25) is 14.1 Å². The molecule has 0 bridgehead atoms. The standard InChI is InChI=1S/C16H14Cl2N2O3S2/c1-2-20-14-6-4-11(8-15(14)24-16(20)21)19-25(22,23)9-10-3-5-12(17)13(18)7-10/h3-8,19H,2,9H2,1H3. The van der Waals surface area contributed by atoms with E-state index in [2.05, 4.69) is 4.72 Å². The van der Waals surface area contributed by atoms with Gasteiger partial charge in [-0.1, -0.05) is 40.6 Å². The fourth-order valence-electron chi connectivity index (χ4n) is 2.49. The smallest absolute Gasteiger partial charge is 0.299 e. The highest BCUT2D eigenvalue weighted by Gasteiger charge is 2.14. The quantitative estimate of drug-likeness (QED) is 0.672. The molecule has 3 aromatic rings. The number of halogens is 2. The first-order valence-electron chi connectivity index (χ1n) is 7.37. The number of rotatable bonds is 5. The van der Waals surface area contributed by atoms with Gasteiger partial charge in [0.05, 0.1) is 31.7 Å². The first kappa shape index (κ1) is 18.3. The maximum absolute atomic E-state index is 12.4. The summed E-state index contributed by atoms with van der Waals surface area (Å²) in [5.74, 6) is -0.228. The van der Waals surface area contributed by atoms with Crippen molar-refractivity contribution in [3.63, 3.8) is 0 Å². The van der Waals surface area contributed by atoms with E-state index in [-0.39, 0.29) is 10.6 Å². The lowest BCUT2D eigenvalue weighted by atomic mass is 10.2. The first-order chi connectivity index (χ1) is 11.8. The van der Waals surface area contributed by atoms with E-state index in [1.165, 1.54) is 6.07 Å². The van der Waals surface area contributed by atoms with Gasteiger partial charge >= 0.3 is 4.87 Å². The Kier molecular flexibility index (Phi) is 5.11. The Morgan fingerprint density at radius 2 is 1.88 bits per heavy atom. The minimum absolute atomic E-state index is 0.0617. The van der Waals surface area contributed by atoms with E-state index < -0.39 is 10.0 Å². The zero-order valence-electron chi connectivity index (χ0n) is 13.1. The Morgan fingerprint density at radius 1 is 1.12 bits per heavy atom. The molecule has 0 saturated carbocycles. The Balaban J connectivity index is 1.86. The summed E-state index contributed by atoms with van der Waals surface area (Å²) in [5, 5.41) is 0.679. The van der Waals surface area contributed by atoms with Gasteiger partial charge in [0.2, 0.25) is 10.0 Å². The maximum atomic E-state index is 12.4. The molecule has 0 aliphatic carbocycles. The number of nitrogens with zero attached hydrogens (tertiary/aromatic N) is 1. The summed E-state index contributed by atoms with van der Waals surface area (Å²) in [4.78, 5) is 11.8. The third kappa shape index (κ3) is 4.00. The lowest BCUT2D eigenvalue weighted by Gasteiger charge is -2.09. The minimum Gasteiger partial charge on any atom is -0.299 e. The SMILES string of the molecule is CCn1c(=O)sc2cc(NS(=O)(=O)Cc3ccc(Cl)c(Cl)c3)ccc21. The number of fused-ring (bicyclic) bond motifs is 1. The van der Waals surface area contributed by atoms with Crippen LogP contribution >= 0.6 is 34.5 Å². The van der Waals surface area contributed by atoms with Crippen LogP contribution in [0.5, 0.6) is 0 Å². The minimum atomic E-state index is -3.63. The molecule has 5 nitrogen and oxygen atoms in total. The normalized spacial score (nSPS) is 11.8. The molecule has 2 aromatic carbocycles. The van der Waals surface area contributed by atoms with Crippen LogP contribution in [0.2, 0.25) is 10.0 Å². The Morgan fingerprint density at radius 3 is 2.56 bits per heavy atom. The lowest BCUT2D eigenvalue weighted by Crippen LogP contribution is -2.15. The van der Waals surface area contributed by atoms with Crippen molar-refractivity contribution in [1.29, 1.82) is 0 Å². The fourth-order valence-corrected chi connectivity index (χ4v) is 4.99. The molecule has 1 aromatic heterocycles. The van der Waals surface area contributed by atoms with Crippen molar-refractivity contribution in [2.75, 3.05) is 4.72 Å². The lowest BCUT2D eigenvalue weighted by molar-refractivity contribution is 0.600. The third-order valence-corrected chi connectivity index (χ3v) is 6.54. The third-order valence-electron chi connectivity index (χ3n) is 3.60. The van der Waals surface area contributed by atoms with Crippen LogP contribution in [0.15, 0.2) is 41.2 Å². The molecule has 0 saturated heterocycles. The van der Waals surface area contributed by atoms with Crippen LogP contribution in [0.3, 0.4) is 0 Å². The summed E-state index contributed by atoms with van der Waals surface area (Å²) in [5.41, 5.74) is 1.74. The fraction of sp³-hybridized carbons (Fsp3) is 0.188. The topological polar surface area (TPSA) is 68.2 Å². The summed E-state index contributed by atoms with van der Waals surface area (Å²) < 4.78 is 29.7. The van der Waals surface area contributed by atoms with Crippen LogP contribution in [-0.2, 0) is 22.3 Å². The summed E-state index contributed by atoms with van der Waals surface area (Å²) in [6, 6.07) is 9.76. The molecule has 1 heterocycles. The molecule has 9 heteroatoms. The Bertz CT molecular complexity index is 1100. The van der Waals surface area contributed by atoms with Crippen LogP contribution in [0, 0.1) is 0 Å². The Labute approximate surface area is 158 Å². The molecule has 0 atom stereocenters. The summed E-state index contributed by atoms with van der Waals surface area (Å²) >= 11 is 12.9. The van der Waals surface area contributed by atoms with Crippen LogP contribution in [0.1, 0.15) is 12.5 Å². The van der Waals surface area contributed by atoms with E-state index in [0.29, 0.717) is 27.8 Å². The van der Waals surface area contributed by atoms with E-state index in [4.69, 9.17) is 23.2 Å². The molecule has 3 rings (SSSR count). The predicted molar refractivity (Wildman–Crippen MR) is 104 cm³/mol. The molecule has 0 aliphatic rings. The highest BCUT2D eigenvalue weighted by molar-refractivity contribution is 7.91. The molecular weight excluding hydrogens is 403 g/mol. The van der Waals surface area contributed by atoms with E-state index in [0.717, 1.165) is 21.6 Å². The van der Waals surface area contributed by atoms with Gasteiger partial charge < -0.3 is 0 Å². The van der Waals surface area contributed by atoms with E-state index in [9.17, 15) is 13.2 Å². The number of aromatic nitrogens is 1. The summed E-state index contributed by atoms with van der Waals surface area (Å²) in [6.07, 6.45) is 0. The van der Waals surface area contributed by atoms with Crippen molar-refractivity contribution >= 4 is 60.5 Å². The number of hydrogen-bond donors (Lipinski definition) is 1. The molecule has 1 N–H and O–H groups in total. The molecular formula is C16H14Cl2N2O3S2. The maximum Gasteiger partial charge on any atom is 0.308 e. The van der Waals surface area contributed by atoms with Crippen LogP contribution in [-0.4, -0.2) is 13.0 Å². The van der Waals surface area contributed by atoms with Gasteiger partial charge in [0, 0.05) is 6.54 Å². The van der Waals surface area contributed by atoms with Gasteiger partial charge in [-0.25, -0.2) is 8.42 Å². The molecule has 0 fully saturated rings. The van der Waals surface area contributed by atoms with Crippen molar-refractivity contribution in [3.8, 4) is 0 Å². The largest absolute Gasteiger partial charge is 0.308 e. The van der Waals surface area contributed by atoms with Gasteiger partial charge in [0.25, 0.3) is 0 Å². The molecule has 0 amide bonds. The van der Waals surface area contributed by atoms with E-state index in [1.54, 1.807) is 34.9 Å². The number of thiazole rings is 1. The second-order valence-electron chi connectivity index (χ2n) is 5.40. The zero-order chi connectivity index (χ0) is 18.2. The monoisotopic (exact) mass is 416 g/mol. The predicted octanol–water partition coefficient (Wildman–Crippen LogP) is 4.33. The number of anilines is 1. The second kappa shape index (κ2) is 6.99. The van der Waals surface area contributed by atoms with Crippen molar-refractivity contribution in [3.05, 3.63) is 61.7 Å². The molecule has 132 valence electrons. The molecule has 0 spiro atoms. The summed E-state index contributed by atoms with van der Waals surface area (Å²) in [6.45, 7) is 2.46. The van der Waals surface area contributed by atoms with E-state index in [1.807, 2.05) is 6.92 Å². The Hall–Kier alpha value is -1.54. The zero-order valence-corrected chi connectivity index (χ0v) is 16.3. The molecule has 0 radical (unpaired) electrons. The van der Waals surface area contributed by atoms with Gasteiger partial charge in [-0.15, -0.1) is 0 Å². The van der Waals surface area contributed by atoms with Gasteiger partial charge in [-0.05, 0) is 42.8 Å². The average molecular weight is 417 g/mol. The van der Waals surface area contributed by atoms with E-state index >= 15 is 0 Å². The highest BCUT2D eigenvalue weighted by atomic mass is 35.5. The summed E-state index contributed by atoms with van der Waals surface area (Å²) in [7, 11) is -3.63.